The lowest BCUT2D eigenvalue weighted by Gasteiger charge is -2.27. The van der Waals surface area contributed by atoms with Crippen molar-refractivity contribution in [3.63, 3.8) is 0 Å². The Balaban J connectivity index is 2.46. The van der Waals surface area contributed by atoms with Crippen LogP contribution in [0.25, 0.3) is 0 Å². The van der Waals surface area contributed by atoms with Crippen molar-refractivity contribution in [2.24, 2.45) is 5.73 Å². The van der Waals surface area contributed by atoms with E-state index in [2.05, 4.69) is 0 Å². The van der Waals surface area contributed by atoms with Crippen molar-refractivity contribution in [1.82, 2.24) is 4.90 Å². The molecule has 2 N–H and O–H groups in total. The largest absolute Gasteiger partial charge is 0.340 e. The average Bonchev–Trinajstić information content (AvgIpc) is 2.17. The Kier molecular flexibility index (Phi) is 3.06. The highest BCUT2D eigenvalue weighted by Gasteiger charge is 2.21. The summed E-state index contributed by atoms with van der Waals surface area (Å²) in [6, 6.07) is 0.779. The first-order valence-electron chi connectivity index (χ1n) is 4.19. The van der Waals surface area contributed by atoms with Crippen LogP contribution in [-0.4, -0.2) is 29.9 Å². The smallest absolute Gasteiger partial charge is 0.254 e. The van der Waals surface area contributed by atoms with Gasteiger partial charge in [-0.1, -0.05) is 0 Å². The van der Waals surface area contributed by atoms with Gasteiger partial charge in [-0.3, -0.25) is 4.79 Å². The number of likely N-dealkylation sites (tertiary alicyclic amines) is 1. The van der Waals surface area contributed by atoms with E-state index in [1.165, 1.54) is 6.42 Å². The summed E-state index contributed by atoms with van der Waals surface area (Å²) in [7, 11) is 0. The molecule has 1 heterocycles. The molecule has 4 nitrogen and oxygen atoms in total. The van der Waals surface area contributed by atoms with E-state index in [4.69, 9.17) is 11.0 Å². The third-order valence-electron chi connectivity index (χ3n) is 2.07. The van der Waals surface area contributed by atoms with Crippen molar-refractivity contribution in [2.75, 3.05) is 13.1 Å². The van der Waals surface area contributed by atoms with Crippen LogP contribution in [0.4, 0.5) is 0 Å². The Hall–Kier alpha value is -1.08. The number of piperidine rings is 1. The fourth-order valence-electron chi connectivity index (χ4n) is 1.37. The third kappa shape index (κ3) is 1.95. The predicted octanol–water partition coefficient (Wildman–Crippen LogP) is -0.150. The van der Waals surface area contributed by atoms with Gasteiger partial charge in [0.2, 0.25) is 0 Å². The summed E-state index contributed by atoms with van der Waals surface area (Å²) in [6.07, 6.45) is 3.24. The van der Waals surface area contributed by atoms with Crippen LogP contribution < -0.4 is 5.73 Å². The molecule has 0 bridgehead atoms. The van der Waals surface area contributed by atoms with Gasteiger partial charge in [0.05, 0.1) is 6.07 Å². The van der Waals surface area contributed by atoms with E-state index in [1.807, 2.05) is 0 Å². The number of carbonyl (C=O) groups is 1. The molecule has 0 aromatic heterocycles. The lowest BCUT2D eigenvalue weighted by Crippen LogP contribution is -2.45. The quantitative estimate of drug-likeness (QED) is 0.590. The van der Waals surface area contributed by atoms with Crippen LogP contribution in [0.5, 0.6) is 0 Å². The zero-order chi connectivity index (χ0) is 8.97. The van der Waals surface area contributed by atoms with Crippen LogP contribution in [0.3, 0.4) is 0 Å². The number of amides is 1. The molecule has 0 saturated carbocycles. The minimum Gasteiger partial charge on any atom is -0.340 e. The van der Waals surface area contributed by atoms with Crippen molar-refractivity contribution >= 4 is 5.91 Å². The normalized spacial score (nSPS) is 19.8. The maximum absolute atomic E-state index is 11.3. The van der Waals surface area contributed by atoms with Gasteiger partial charge in [-0.15, -0.1) is 0 Å². The molecular weight excluding hydrogens is 154 g/mol. The minimum absolute atomic E-state index is 0.225. The monoisotopic (exact) mass is 167 g/mol. The van der Waals surface area contributed by atoms with Crippen LogP contribution in [-0.2, 0) is 4.79 Å². The second-order valence-electron chi connectivity index (χ2n) is 2.99. The molecule has 1 rings (SSSR count). The highest BCUT2D eigenvalue weighted by atomic mass is 16.2. The third-order valence-corrected chi connectivity index (χ3v) is 2.07. The summed E-state index contributed by atoms with van der Waals surface area (Å²) in [6.45, 7) is 1.52. The predicted molar refractivity (Wildman–Crippen MR) is 44.0 cm³/mol. The second kappa shape index (κ2) is 4.07. The fraction of sp³-hybridized carbons (Fsp3) is 0.750. The van der Waals surface area contributed by atoms with Gasteiger partial charge >= 0.3 is 0 Å². The molecule has 1 atom stereocenters. The molecule has 66 valence electrons. The van der Waals surface area contributed by atoms with Gasteiger partial charge in [0.15, 0.2) is 6.04 Å². The Bertz CT molecular complexity index is 203. The lowest BCUT2D eigenvalue weighted by atomic mass is 10.1. The number of nitrogens with zero attached hydrogens (tertiary/aromatic N) is 2. The molecule has 1 unspecified atom stereocenters. The van der Waals surface area contributed by atoms with E-state index in [0.29, 0.717) is 0 Å². The topological polar surface area (TPSA) is 70.1 Å². The average molecular weight is 167 g/mol. The molecule has 1 saturated heterocycles. The summed E-state index contributed by atoms with van der Waals surface area (Å²) < 4.78 is 0. The van der Waals surface area contributed by atoms with Gasteiger partial charge < -0.3 is 10.6 Å². The molecular formula is C8H13N3O. The maximum atomic E-state index is 11.3. The number of rotatable bonds is 1. The summed E-state index contributed by atoms with van der Waals surface area (Å²) in [5.41, 5.74) is 5.30. The molecule has 1 fully saturated rings. The molecule has 0 aromatic rings. The first kappa shape index (κ1) is 9.01. The fourth-order valence-corrected chi connectivity index (χ4v) is 1.37. The van der Waals surface area contributed by atoms with Gasteiger partial charge in [-0.25, -0.2) is 0 Å². The van der Waals surface area contributed by atoms with Crippen molar-refractivity contribution < 1.29 is 4.79 Å². The maximum Gasteiger partial charge on any atom is 0.254 e. The van der Waals surface area contributed by atoms with E-state index in [9.17, 15) is 4.79 Å². The van der Waals surface area contributed by atoms with Gasteiger partial charge in [0, 0.05) is 13.1 Å². The van der Waals surface area contributed by atoms with E-state index >= 15 is 0 Å². The Morgan fingerprint density at radius 3 is 2.50 bits per heavy atom. The molecule has 1 amide bonds. The number of hydrogen-bond acceptors (Lipinski definition) is 3. The molecule has 1 aliphatic rings. The molecule has 1 aliphatic heterocycles. The van der Waals surface area contributed by atoms with E-state index < -0.39 is 6.04 Å². The minimum atomic E-state index is -0.969. The number of carbonyl (C=O) groups excluding carboxylic acids is 1. The molecule has 12 heavy (non-hydrogen) atoms. The highest BCUT2D eigenvalue weighted by molar-refractivity contribution is 5.84. The first-order chi connectivity index (χ1) is 5.75. The van der Waals surface area contributed by atoms with Gasteiger partial charge in [0.25, 0.3) is 5.91 Å². The van der Waals surface area contributed by atoms with Crippen molar-refractivity contribution in [1.29, 1.82) is 5.26 Å². The molecule has 4 heteroatoms. The van der Waals surface area contributed by atoms with Crippen molar-refractivity contribution in [2.45, 2.75) is 25.3 Å². The Morgan fingerprint density at radius 2 is 2.00 bits per heavy atom. The van der Waals surface area contributed by atoms with Crippen LogP contribution in [0, 0.1) is 11.3 Å². The van der Waals surface area contributed by atoms with Crippen LogP contribution >= 0.6 is 0 Å². The van der Waals surface area contributed by atoms with E-state index in [-0.39, 0.29) is 5.91 Å². The first-order valence-corrected chi connectivity index (χ1v) is 4.19. The SMILES string of the molecule is N#CC(N)C(=O)N1CCCCC1. The molecule has 0 aliphatic carbocycles. The molecule has 0 aromatic carbocycles. The van der Waals surface area contributed by atoms with Gasteiger partial charge in [-0.05, 0) is 19.3 Å². The summed E-state index contributed by atoms with van der Waals surface area (Å²) in [4.78, 5) is 13.0. The summed E-state index contributed by atoms with van der Waals surface area (Å²) >= 11 is 0. The van der Waals surface area contributed by atoms with Crippen molar-refractivity contribution in [3.05, 3.63) is 0 Å². The van der Waals surface area contributed by atoms with Gasteiger partial charge in [0.1, 0.15) is 0 Å². The zero-order valence-corrected chi connectivity index (χ0v) is 6.99. The van der Waals surface area contributed by atoms with Crippen molar-refractivity contribution in [3.8, 4) is 6.07 Å². The summed E-state index contributed by atoms with van der Waals surface area (Å²) in [5.74, 6) is -0.225. The lowest BCUT2D eigenvalue weighted by molar-refractivity contribution is -0.132. The number of nitrogens with two attached hydrogens (primary N) is 1. The zero-order valence-electron chi connectivity index (χ0n) is 6.99. The van der Waals surface area contributed by atoms with Gasteiger partial charge in [-0.2, -0.15) is 5.26 Å². The summed E-state index contributed by atoms with van der Waals surface area (Å²) in [5, 5.41) is 8.41. The number of hydrogen-bond donors (Lipinski definition) is 1. The van der Waals surface area contributed by atoms with Crippen LogP contribution in [0.15, 0.2) is 0 Å². The van der Waals surface area contributed by atoms with Crippen LogP contribution in [0.2, 0.25) is 0 Å². The second-order valence-corrected chi connectivity index (χ2v) is 2.99. The number of nitriles is 1. The van der Waals surface area contributed by atoms with E-state index in [0.717, 1.165) is 25.9 Å². The Morgan fingerprint density at radius 1 is 1.42 bits per heavy atom. The van der Waals surface area contributed by atoms with E-state index in [1.54, 1.807) is 11.0 Å². The van der Waals surface area contributed by atoms with Crippen LogP contribution in [0.1, 0.15) is 19.3 Å². The highest BCUT2D eigenvalue weighted by Crippen LogP contribution is 2.09. The standard InChI is InChI=1S/C8H13N3O/c9-6-7(10)8(12)11-4-2-1-3-5-11/h7H,1-5,10H2. The Labute approximate surface area is 71.9 Å². The molecule has 0 spiro atoms. The molecule has 0 radical (unpaired) electrons.